The molecule has 1 aromatic carbocycles. The van der Waals surface area contributed by atoms with Gasteiger partial charge in [-0.1, -0.05) is 12.1 Å². The maximum atomic E-state index is 13.1. The minimum absolute atomic E-state index is 0.134. The van der Waals surface area contributed by atoms with Gasteiger partial charge in [-0.15, -0.1) is 0 Å². The molecule has 8 nitrogen and oxygen atoms in total. The molecule has 140 valence electrons. The molecular formula is C17H17N5O3S2. The van der Waals surface area contributed by atoms with Gasteiger partial charge in [-0.3, -0.25) is 4.79 Å². The summed E-state index contributed by atoms with van der Waals surface area (Å²) >= 11 is 0.982. The van der Waals surface area contributed by atoms with E-state index >= 15 is 0 Å². The predicted molar refractivity (Wildman–Crippen MR) is 102 cm³/mol. The Morgan fingerprint density at radius 1 is 1.19 bits per heavy atom. The number of fused-ring (bicyclic) bond motifs is 1. The first-order valence-electron chi connectivity index (χ1n) is 8.49. The number of benzene rings is 1. The maximum absolute atomic E-state index is 13.1. The average molecular weight is 403 g/mol. The van der Waals surface area contributed by atoms with Crippen LogP contribution >= 0.6 is 11.7 Å². The van der Waals surface area contributed by atoms with E-state index in [1.54, 1.807) is 36.5 Å². The number of hydrogen-bond acceptors (Lipinski definition) is 7. The van der Waals surface area contributed by atoms with E-state index in [9.17, 15) is 13.2 Å². The van der Waals surface area contributed by atoms with Gasteiger partial charge in [-0.25, -0.2) is 13.4 Å². The lowest BCUT2D eigenvalue weighted by atomic mass is 9.99. The molecule has 1 amide bonds. The lowest BCUT2D eigenvalue weighted by Crippen LogP contribution is -2.43. The van der Waals surface area contributed by atoms with E-state index in [2.05, 4.69) is 19.0 Å². The minimum atomic E-state index is -3.76. The Bertz CT molecular complexity index is 1070. The molecular weight excluding hydrogens is 386 g/mol. The van der Waals surface area contributed by atoms with Gasteiger partial charge in [-0.05, 0) is 37.1 Å². The number of pyridine rings is 1. The van der Waals surface area contributed by atoms with Crippen LogP contribution in [0.1, 0.15) is 12.8 Å². The van der Waals surface area contributed by atoms with Crippen molar-refractivity contribution in [1.29, 1.82) is 0 Å². The Balaban J connectivity index is 1.55. The largest absolute Gasteiger partial charge is 0.310 e. The monoisotopic (exact) mass is 403 g/mol. The van der Waals surface area contributed by atoms with Crippen molar-refractivity contribution in [1.82, 2.24) is 18.0 Å². The number of anilines is 1. The molecule has 1 aliphatic heterocycles. The molecule has 2 aromatic heterocycles. The molecule has 0 bridgehead atoms. The van der Waals surface area contributed by atoms with E-state index in [0.717, 1.165) is 11.7 Å². The molecule has 0 saturated carbocycles. The standard InChI is InChI=1S/C17H17N5O3S2/c23-17(19-15-8-1-2-9-18-15)12-5-4-10-22(11-12)27(24,25)14-7-3-6-13-16(14)21-26-20-13/h1-3,6-9,12H,4-5,10-11H2,(H,18,19,23)/t12-/m1/s1. The number of amides is 1. The van der Waals surface area contributed by atoms with E-state index in [1.807, 2.05) is 0 Å². The fourth-order valence-electron chi connectivity index (χ4n) is 3.17. The van der Waals surface area contributed by atoms with E-state index in [1.165, 1.54) is 10.4 Å². The molecule has 1 atom stereocenters. The summed E-state index contributed by atoms with van der Waals surface area (Å²) in [6.45, 7) is 0.513. The zero-order valence-corrected chi connectivity index (χ0v) is 15.9. The molecule has 0 unspecified atom stereocenters. The molecule has 3 aromatic rings. The van der Waals surface area contributed by atoms with Gasteiger partial charge in [0.25, 0.3) is 0 Å². The van der Waals surface area contributed by atoms with Gasteiger partial charge >= 0.3 is 0 Å². The van der Waals surface area contributed by atoms with E-state index in [0.29, 0.717) is 36.2 Å². The predicted octanol–water partition coefficient (Wildman–Crippen LogP) is 2.13. The highest BCUT2D eigenvalue weighted by Gasteiger charge is 2.34. The second-order valence-electron chi connectivity index (χ2n) is 6.29. The first kappa shape index (κ1) is 18.0. The van der Waals surface area contributed by atoms with Gasteiger partial charge in [-0.2, -0.15) is 13.1 Å². The molecule has 27 heavy (non-hydrogen) atoms. The van der Waals surface area contributed by atoms with Crippen molar-refractivity contribution in [2.24, 2.45) is 5.92 Å². The van der Waals surface area contributed by atoms with Crippen LogP contribution in [0.2, 0.25) is 0 Å². The number of piperidine rings is 1. The van der Waals surface area contributed by atoms with Crippen molar-refractivity contribution < 1.29 is 13.2 Å². The minimum Gasteiger partial charge on any atom is -0.310 e. The highest BCUT2D eigenvalue weighted by atomic mass is 32.2. The summed E-state index contributed by atoms with van der Waals surface area (Å²) in [5.74, 6) is -0.189. The van der Waals surface area contributed by atoms with Crippen LogP contribution in [0.15, 0.2) is 47.5 Å². The lowest BCUT2D eigenvalue weighted by Gasteiger charge is -2.31. The molecule has 4 rings (SSSR count). The van der Waals surface area contributed by atoms with Crippen molar-refractivity contribution in [3.8, 4) is 0 Å². The van der Waals surface area contributed by atoms with Gasteiger partial charge in [0.2, 0.25) is 15.9 Å². The third-order valence-corrected chi connectivity index (χ3v) is 6.98. The molecule has 3 heterocycles. The van der Waals surface area contributed by atoms with Crippen LogP contribution in [0.3, 0.4) is 0 Å². The van der Waals surface area contributed by atoms with Crippen LogP contribution in [-0.4, -0.2) is 45.5 Å². The number of nitrogens with one attached hydrogen (secondary N) is 1. The van der Waals surface area contributed by atoms with Crippen LogP contribution in [0.4, 0.5) is 5.82 Å². The second-order valence-corrected chi connectivity index (χ2v) is 8.73. The van der Waals surface area contributed by atoms with Gasteiger partial charge in [0.05, 0.1) is 17.6 Å². The van der Waals surface area contributed by atoms with Crippen LogP contribution in [0.25, 0.3) is 11.0 Å². The molecule has 1 saturated heterocycles. The number of aromatic nitrogens is 3. The molecule has 1 fully saturated rings. The zero-order chi connectivity index (χ0) is 18.9. The Kier molecular flexibility index (Phi) is 4.85. The summed E-state index contributed by atoms with van der Waals surface area (Å²) in [5.41, 5.74) is 0.935. The Morgan fingerprint density at radius 3 is 2.89 bits per heavy atom. The Hall–Kier alpha value is -2.43. The third kappa shape index (κ3) is 3.55. The third-order valence-electron chi connectivity index (χ3n) is 4.54. The van der Waals surface area contributed by atoms with Crippen molar-refractivity contribution >= 4 is 44.5 Å². The zero-order valence-electron chi connectivity index (χ0n) is 14.3. The van der Waals surface area contributed by atoms with E-state index < -0.39 is 15.9 Å². The van der Waals surface area contributed by atoms with Crippen molar-refractivity contribution in [2.75, 3.05) is 18.4 Å². The summed E-state index contributed by atoms with van der Waals surface area (Å²) in [5, 5.41) is 2.76. The summed E-state index contributed by atoms with van der Waals surface area (Å²) in [6, 6.07) is 10.2. The summed E-state index contributed by atoms with van der Waals surface area (Å²) in [4.78, 5) is 16.8. The van der Waals surface area contributed by atoms with Gasteiger partial charge < -0.3 is 5.32 Å². The van der Waals surface area contributed by atoms with Crippen molar-refractivity contribution in [3.63, 3.8) is 0 Å². The first-order chi connectivity index (χ1) is 13.1. The Morgan fingerprint density at radius 2 is 2.07 bits per heavy atom. The highest BCUT2D eigenvalue weighted by molar-refractivity contribution is 7.89. The van der Waals surface area contributed by atoms with Gasteiger partial charge in [0.15, 0.2) is 0 Å². The smallest absolute Gasteiger partial charge is 0.245 e. The van der Waals surface area contributed by atoms with Crippen LogP contribution in [0.5, 0.6) is 0 Å². The SMILES string of the molecule is O=C(Nc1ccccn1)[C@@H]1CCCN(S(=O)(=O)c2cccc3nsnc23)C1. The molecule has 1 N–H and O–H groups in total. The first-order valence-corrected chi connectivity index (χ1v) is 10.7. The number of hydrogen-bond donors (Lipinski definition) is 1. The molecule has 0 radical (unpaired) electrons. The number of nitrogens with zero attached hydrogens (tertiary/aromatic N) is 4. The quantitative estimate of drug-likeness (QED) is 0.715. The molecule has 0 aliphatic carbocycles. The lowest BCUT2D eigenvalue weighted by molar-refractivity contribution is -0.120. The van der Waals surface area contributed by atoms with Crippen LogP contribution < -0.4 is 5.32 Å². The van der Waals surface area contributed by atoms with Crippen LogP contribution in [-0.2, 0) is 14.8 Å². The summed E-state index contributed by atoms with van der Waals surface area (Å²) in [7, 11) is -3.76. The highest BCUT2D eigenvalue weighted by Crippen LogP contribution is 2.28. The van der Waals surface area contributed by atoms with Gasteiger partial charge in [0.1, 0.15) is 21.7 Å². The van der Waals surface area contributed by atoms with Crippen molar-refractivity contribution in [3.05, 3.63) is 42.6 Å². The van der Waals surface area contributed by atoms with Crippen molar-refractivity contribution in [2.45, 2.75) is 17.7 Å². The molecule has 1 aliphatic rings. The topological polar surface area (TPSA) is 105 Å². The summed E-state index contributed by atoms with van der Waals surface area (Å²) in [6.07, 6.45) is 2.84. The number of rotatable bonds is 4. The van der Waals surface area contributed by atoms with E-state index in [-0.39, 0.29) is 17.3 Å². The fourth-order valence-corrected chi connectivity index (χ4v) is 5.44. The fraction of sp³-hybridized carbons (Fsp3) is 0.294. The van der Waals surface area contributed by atoms with Crippen LogP contribution in [0, 0.1) is 5.92 Å². The number of carbonyl (C=O) groups is 1. The maximum Gasteiger partial charge on any atom is 0.245 e. The second kappa shape index (κ2) is 7.29. The molecule has 0 spiro atoms. The number of sulfonamides is 1. The van der Waals surface area contributed by atoms with E-state index in [4.69, 9.17) is 0 Å². The molecule has 10 heteroatoms. The Labute approximate surface area is 160 Å². The average Bonchev–Trinajstić information content (AvgIpc) is 3.17. The summed E-state index contributed by atoms with van der Waals surface area (Å²) < 4.78 is 35.9. The van der Waals surface area contributed by atoms with Gasteiger partial charge in [0, 0.05) is 19.3 Å². The normalized spacial score (nSPS) is 18.4. The number of carbonyl (C=O) groups excluding carboxylic acids is 1.